The monoisotopic (exact) mass is 906 g/mol. The summed E-state index contributed by atoms with van der Waals surface area (Å²) in [6.45, 7) is 0. The molecule has 0 radical (unpaired) electrons. The summed E-state index contributed by atoms with van der Waals surface area (Å²) in [6, 6.07) is 94.9. The minimum atomic E-state index is -0.579. The van der Waals surface area contributed by atoms with E-state index in [2.05, 4.69) is 264 Å². The molecule has 13 aromatic rings. The highest BCUT2D eigenvalue weighted by molar-refractivity contribution is 7.26. The second kappa shape index (κ2) is 15.1. The van der Waals surface area contributed by atoms with Gasteiger partial charge in [-0.2, -0.15) is 0 Å². The molecule has 15 rings (SSSR count). The Hall–Kier alpha value is -8.76. The Bertz CT molecular complexity index is 4250. The molecule has 1 spiro atoms. The van der Waals surface area contributed by atoms with Crippen molar-refractivity contribution in [3.63, 3.8) is 0 Å². The fraction of sp³-hybridized carbons (Fsp3) is 0.0149. The number of benzene rings is 11. The van der Waals surface area contributed by atoms with Crippen LogP contribution in [0.4, 0.5) is 17.1 Å². The zero-order chi connectivity index (χ0) is 45.9. The normalized spacial score (nSPS) is 14.3. The molecule has 11 aromatic carbocycles. The Balaban J connectivity index is 0.978. The van der Waals surface area contributed by atoms with Crippen molar-refractivity contribution in [2.75, 3.05) is 4.90 Å². The van der Waals surface area contributed by atoms with Gasteiger partial charge in [-0.25, -0.2) is 0 Å². The van der Waals surface area contributed by atoms with Gasteiger partial charge in [0.1, 0.15) is 0 Å². The molecule has 3 heteroatoms. The maximum Gasteiger partial charge on any atom is 0.0755 e. The smallest absolute Gasteiger partial charge is 0.0755 e. The van der Waals surface area contributed by atoms with Crippen LogP contribution in [0.3, 0.4) is 0 Å². The van der Waals surface area contributed by atoms with Crippen LogP contribution in [-0.4, -0.2) is 4.57 Å². The van der Waals surface area contributed by atoms with E-state index in [-0.39, 0.29) is 0 Å². The third kappa shape index (κ3) is 5.49. The van der Waals surface area contributed by atoms with Gasteiger partial charge in [-0.3, -0.25) is 0 Å². The van der Waals surface area contributed by atoms with Gasteiger partial charge in [0.2, 0.25) is 0 Å². The van der Waals surface area contributed by atoms with Crippen molar-refractivity contribution in [2.24, 2.45) is 0 Å². The van der Waals surface area contributed by atoms with Crippen molar-refractivity contribution in [1.82, 2.24) is 4.57 Å². The van der Waals surface area contributed by atoms with Crippen molar-refractivity contribution in [1.29, 1.82) is 0 Å². The van der Waals surface area contributed by atoms with Crippen molar-refractivity contribution >= 4 is 70.4 Å². The first-order chi connectivity index (χ1) is 34.7. The molecule has 1 atom stereocenters. The summed E-state index contributed by atoms with van der Waals surface area (Å²) >= 11 is 1.88. The Morgan fingerprint density at radius 1 is 0.343 bits per heavy atom. The van der Waals surface area contributed by atoms with Gasteiger partial charge in [-0.15, -0.1) is 11.3 Å². The highest BCUT2D eigenvalue weighted by Gasteiger charge is 2.51. The Kier molecular flexibility index (Phi) is 8.48. The van der Waals surface area contributed by atoms with Crippen LogP contribution in [0.15, 0.2) is 255 Å². The lowest BCUT2D eigenvalue weighted by Crippen LogP contribution is -2.33. The van der Waals surface area contributed by atoms with Crippen LogP contribution < -0.4 is 4.90 Å². The molecule has 1 unspecified atom stereocenters. The second-order valence-corrected chi connectivity index (χ2v) is 19.8. The minimum absolute atomic E-state index is 0.579. The average Bonchev–Trinajstić information content (AvgIpc) is 4.08. The SMILES string of the molecule is c1ccc(-c2cccc(-c3ccccc3N(c3ccc(-c4cccc5c4sc4ccccc45)cc3)c3ccc4c(c3)C3(c5ccccc5-4)c4ccccc4-n4c5ccccc5c5cccc3c54)c2)cc1. The molecular formula is C67H42N2S. The third-order valence-corrected chi connectivity index (χ3v) is 16.4. The summed E-state index contributed by atoms with van der Waals surface area (Å²) in [7, 11) is 0. The molecule has 0 saturated heterocycles. The lowest BCUT2D eigenvalue weighted by Gasteiger charge is -2.40. The molecule has 70 heavy (non-hydrogen) atoms. The van der Waals surface area contributed by atoms with Gasteiger partial charge < -0.3 is 9.47 Å². The number of para-hydroxylation sites is 4. The van der Waals surface area contributed by atoms with Crippen molar-refractivity contribution in [2.45, 2.75) is 5.41 Å². The molecule has 0 bridgehead atoms. The van der Waals surface area contributed by atoms with Crippen molar-refractivity contribution < 1.29 is 0 Å². The zero-order valence-electron chi connectivity index (χ0n) is 38.1. The number of hydrogen-bond donors (Lipinski definition) is 0. The van der Waals surface area contributed by atoms with E-state index in [0.29, 0.717) is 0 Å². The van der Waals surface area contributed by atoms with Crippen LogP contribution in [-0.2, 0) is 5.41 Å². The van der Waals surface area contributed by atoms with Gasteiger partial charge in [0.05, 0.1) is 27.8 Å². The van der Waals surface area contributed by atoms with Crippen LogP contribution in [0.1, 0.15) is 22.3 Å². The van der Waals surface area contributed by atoms with Gasteiger partial charge in [0.15, 0.2) is 0 Å². The minimum Gasteiger partial charge on any atom is -0.310 e. The van der Waals surface area contributed by atoms with Crippen molar-refractivity contribution in [3.05, 3.63) is 277 Å². The number of rotatable bonds is 6. The molecule has 2 aromatic heterocycles. The molecule has 1 aliphatic carbocycles. The van der Waals surface area contributed by atoms with E-state index in [1.165, 1.54) is 109 Å². The van der Waals surface area contributed by atoms with Crippen LogP contribution in [0, 0.1) is 0 Å². The highest BCUT2D eigenvalue weighted by atomic mass is 32.1. The summed E-state index contributed by atoms with van der Waals surface area (Å²) in [6.07, 6.45) is 0. The van der Waals surface area contributed by atoms with E-state index in [1.807, 2.05) is 11.3 Å². The standard InChI is InChI=1S/C67H42N2S/c1-2-17-43(18-3-1)45-19-14-20-46(41-45)49-21-5-10-31-61(49)68(47-37-35-44(36-38-47)50-25-15-27-56-54-24-7-13-34-64(54)70-66(50)56)48-39-40-52-51-22-4-8-28-57(51)67(60(52)42-48)58-29-9-12-33-63(58)69-62-32-11-6-23-53(62)55-26-16-30-59(67)65(55)69/h1-42H. The molecular weight excluding hydrogens is 865 g/mol. The Labute approximate surface area is 410 Å². The van der Waals surface area contributed by atoms with Gasteiger partial charge >= 0.3 is 0 Å². The summed E-state index contributed by atoms with van der Waals surface area (Å²) < 4.78 is 5.16. The molecule has 0 amide bonds. The van der Waals surface area contributed by atoms with E-state index >= 15 is 0 Å². The molecule has 0 fully saturated rings. The fourth-order valence-electron chi connectivity index (χ4n) is 12.3. The van der Waals surface area contributed by atoms with Crippen LogP contribution >= 0.6 is 11.3 Å². The van der Waals surface area contributed by atoms with E-state index in [0.717, 1.165) is 22.6 Å². The third-order valence-electron chi connectivity index (χ3n) is 15.2. The Morgan fingerprint density at radius 2 is 0.957 bits per heavy atom. The van der Waals surface area contributed by atoms with Crippen LogP contribution in [0.2, 0.25) is 0 Å². The summed E-state index contributed by atoms with van der Waals surface area (Å²) in [5, 5.41) is 5.18. The number of thiophene rings is 1. The van der Waals surface area contributed by atoms with Gasteiger partial charge in [-0.1, -0.05) is 200 Å². The van der Waals surface area contributed by atoms with Gasteiger partial charge in [0.25, 0.3) is 0 Å². The summed E-state index contributed by atoms with van der Waals surface area (Å²) in [4.78, 5) is 2.50. The van der Waals surface area contributed by atoms with Gasteiger partial charge in [-0.05, 0) is 116 Å². The molecule has 2 aliphatic rings. The zero-order valence-corrected chi connectivity index (χ0v) is 38.9. The topological polar surface area (TPSA) is 8.17 Å². The molecule has 3 heterocycles. The predicted octanol–water partition coefficient (Wildman–Crippen LogP) is 18.3. The largest absolute Gasteiger partial charge is 0.310 e. The van der Waals surface area contributed by atoms with E-state index in [1.54, 1.807) is 0 Å². The van der Waals surface area contributed by atoms with Crippen LogP contribution in [0.25, 0.3) is 92.2 Å². The maximum absolute atomic E-state index is 2.53. The molecule has 2 nitrogen and oxygen atoms in total. The molecule has 326 valence electrons. The summed E-state index contributed by atoms with van der Waals surface area (Å²) in [5.41, 5.74) is 21.4. The second-order valence-electron chi connectivity index (χ2n) is 18.7. The van der Waals surface area contributed by atoms with E-state index < -0.39 is 5.41 Å². The molecule has 0 saturated carbocycles. The predicted molar refractivity (Wildman–Crippen MR) is 296 cm³/mol. The fourth-order valence-corrected chi connectivity index (χ4v) is 13.5. The van der Waals surface area contributed by atoms with Crippen LogP contribution in [0.5, 0.6) is 0 Å². The van der Waals surface area contributed by atoms with Gasteiger partial charge in [0, 0.05) is 47.9 Å². The number of hydrogen-bond acceptors (Lipinski definition) is 2. The first-order valence-electron chi connectivity index (χ1n) is 24.2. The number of aromatic nitrogens is 1. The lowest BCUT2D eigenvalue weighted by molar-refractivity contribution is 0.748. The average molecular weight is 907 g/mol. The van der Waals surface area contributed by atoms with E-state index in [9.17, 15) is 0 Å². The highest BCUT2D eigenvalue weighted by Crippen LogP contribution is 2.62. The van der Waals surface area contributed by atoms with E-state index in [4.69, 9.17) is 0 Å². The van der Waals surface area contributed by atoms with Crippen molar-refractivity contribution in [3.8, 4) is 50.2 Å². The first-order valence-corrected chi connectivity index (χ1v) is 25.0. The maximum atomic E-state index is 2.53. The molecule has 1 aliphatic heterocycles. The molecule has 0 N–H and O–H groups in total. The number of anilines is 3. The Morgan fingerprint density at radius 3 is 1.86 bits per heavy atom. The quantitative estimate of drug-likeness (QED) is 0.161. The first kappa shape index (κ1) is 39.3. The lowest BCUT2D eigenvalue weighted by atomic mass is 9.65. The number of nitrogens with zero attached hydrogens (tertiary/aromatic N) is 2. The summed E-state index contributed by atoms with van der Waals surface area (Å²) in [5.74, 6) is 0. The number of fused-ring (bicyclic) bond motifs is 15.